The first kappa shape index (κ1) is 18.3. The molecule has 0 aliphatic heterocycles. The SMILES string of the molecule is CC(C)c1onc(-c2c(Cl)cccc2Cl)c1CNC(C)(C)CN. The van der Waals surface area contributed by atoms with Crippen molar-refractivity contribution in [3.63, 3.8) is 0 Å². The van der Waals surface area contributed by atoms with Gasteiger partial charge >= 0.3 is 0 Å². The summed E-state index contributed by atoms with van der Waals surface area (Å²) in [5, 5.41) is 8.80. The second kappa shape index (κ2) is 7.22. The highest BCUT2D eigenvalue weighted by Gasteiger charge is 2.25. The van der Waals surface area contributed by atoms with Crippen molar-refractivity contribution in [2.45, 2.75) is 45.7 Å². The van der Waals surface area contributed by atoms with Gasteiger partial charge in [-0.2, -0.15) is 0 Å². The van der Waals surface area contributed by atoms with Gasteiger partial charge in [-0.25, -0.2) is 0 Å². The summed E-state index contributed by atoms with van der Waals surface area (Å²) < 4.78 is 5.58. The van der Waals surface area contributed by atoms with Crippen LogP contribution in [0.4, 0.5) is 0 Å². The van der Waals surface area contributed by atoms with Crippen molar-refractivity contribution in [1.82, 2.24) is 10.5 Å². The van der Waals surface area contributed by atoms with E-state index in [1.807, 2.05) is 6.07 Å². The largest absolute Gasteiger partial charge is 0.360 e. The summed E-state index contributed by atoms with van der Waals surface area (Å²) in [4.78, 5) is 0. The highest BCUT2D eigenvalue weighted by atomic mass is 35.5. The first-order chi connectivity index (χ1) is 10.8. The lowest BCUT2D eigenvalue weighted by atomic mass is 9.99. The Labute approximate surface area is 147 Å². The van der Waals surface area contributed by atoms with Crippen molar-refractivity contribution in [3.8, 4) is 11.3 Å². The number of benzene rings is 1. The summed E-state index contributed by atoms with van der Waals surface area (Å²) in [5.74, 6) is 1.03. The zero-order valence-corrected chi connectivity index (χ0v) is 15.4. The molecule has 0 unspecified atom stereocenters. The summed E-state index contributed by atoms with van der Waals surface area (Å²) >= 11 is 12.7. The Morgan fingerprint density at radius 2 is 1.87 bits per heavy atom. The lowest BCUT2D eigenvalue weighted by Crippen LogP contribution is -2.45. The number of halogens is 2. The molecule has 4 nitrogen and oxygen atoms in total. The first-order valence-electron chi connectivity index (χ1n) is 7.64. The number of nitrogens with two attached hydrogens (primary N) is 1. The van der Waals surface area contributed by atoms with E-state index in [1.165, 1.54) is 0 Å². The lowest BCUT2D eigenvalue weighted by Gasteiger charge is -2.24. The molecule has 1 heterocycles. The molecule has 1 aromatic heterocycles. The molecule has 1 aromatic carbocycles. The Bertz CT molecular complexity index is 660. The standard InChI is InChI=1S/C17H23Cl2N3O/c1-10(2)16-11(8-21-17(3,4)9-20)15(22-23-16)14-12(18)6-5-7-13(14)19/h5-7,10,21H,8-9,20H2,1-4H3. The van der Waals surface area contributed by atoms with Crippen molar-refractivity contribution < 1.29 is 4.52 Å². The Morgan fingerprint density at radius 1 is 1.26 bits per heavy atom. The third-order valence-corrected chi connectivity index (χ3v) is 4.43. The Kier molecular flexibility index (Phi) is 5.74. The molecule has 0 spiro atoms. The minimum Gasteiger partial charge on any atom is -0.360 e. The second-order valence-corrected chi connectivity index (χ2v) is 7.38. The second-order valence-electron chi connectivity index (χ2n) is 6.57. The van der Waals surface area contributed by atoms with Crippen molar-refractivity contribution in [2.75, 3.05) is 6.54 Å². The molecule has 0 saturated carbocycles. The van der Waals surface area contributed by atoms with E-state index in [2.05, 4.69) is 38.2 Å². The summed E-state index contributed by atoms with van der Waals surface area (Å²) in [5.41, 5.74) is 7.97. The molecule has 0 saturated heterocycles. The molecule has 126 valence electrons. The van der Waals surface area contributed by atoms with Crippen LogP contribution in [0.15, 0.2) is 22.7 Å². The van der Waals surface area contributed by atoms with Gasteiger partial charge in [0.2, 0.25) is 0 Å². The summed E-state index contributed by atoms with van der Waals surface area (Å²) in [7, 11) is 0. The quantitative estimate of drug-likeness (QED) is 0.794. The van der Waals surface area contributed by atoms with Gasteiger partial charge in [0.1, 0.15) is 11.5 Å². The summed E-state index contributed by atoms with van der Waals surface area (Å²) in [6.45, 7) is 9.34. The van der Waals surface area contributed by atoms with E-state index in [0.717, 1.165) is 11.3 Å². The number of hydrogen-bond acceptors (Lipinski definition) is 4. The van der Waals surface area contributed by atoms with Crippen LogP contribution in [0.1, 0.15) is 44.9 Å². The van der Waals surface area contributed by atoms with E-state index in [1.54, 1.807) is 12.1 Å². The molecular formula is C17H23Cl2N3O. The smallest absolute Gasteiger partial charge is 0.144 e. The van der Waals surface area contributed by atoms with E-state index in [9.17, 15) is 0 Å². The van der Waals surface area contributed by atoms with Crippen LogP contribution < -0.4 is 11.1 Å². The maximum Gasteiger partial charge on any atom is 0.144 e. The van der Waals surface area contributed by atoms with Gasteiger partial charge in [0.05, 0.1) is 10.0 Å². The highest BCUT2D eigenvalue weighted by Crippen LogP contribution is 2.38. The van der Waals surface area contributed by atoms with Crippen LogP contribution >= 0.6 is 23.2 Å². The van der Waals surface area contributed by atoms with Crippen molar-refractivity contribution in [1.29, 1.82) is 0 Å². The van der Waals surface area contributed by atoms with E-state index >= 15 is 0 Å². The Morgan fingerprint density at radius 3 is 2.39 bits per heavy atom. The highest BCUT2D eigenvalue weighted by molar-refractivity contribution is 6.39. The number of rotatable bonds is 6. The number of nitrogens with zero attached hydrogens (tertiary/aromatic N) is 1. The fourth-order valence-electron chi connectivity index (χ4n) is 2.27. The molecule has 6 heteroatoms. The molecule has 23 heavy (non-hydrogen) atoms. The van der Waals surface area contributed by atoms with E-state index in [0.29, 0.717) is 34.4 Å². The van der Waals surface area contributed by atoms with E-state index in [4.69, 9.17) is 33.5 Å². The minimum absolute atomic E-state index is 0.187. The molecule has 3 N–H and O–H groups in total. The maximum atomic E-state index is 6.34. The van der Waals surface area contributed by atoms with Crippen molar-refractivity contribution in [2.24, 2.45) is 5.73 Å². The van der Waals surface area contributed by atoms with Gasteiger partial charge in [0.25, 0.3) is 0 Å². The number of hydrogen-bond donors (Lipinski definition) is 2. The topological polar surface area (TPSA) is 64.1 Å². The fraction of sp³-hybridized carbons (Fsp3) is 0.471. The number of aromatic nitrogens is 1. The van der Waals surface area contributed by atoms with Crippen molar-refractivity contribution >= 4 is 23.2 Å². The molecule has 0 atom stereocenters. The van der Waals surface area contributed by atoms with Gasteiger partial charge < -0.3 is 15.6 Å². The van der Waals surface area contributed by atoms with Crippen molar-refractivity contribution in [3.05, 3.63) is 39.6 Å². The van der Waals surface area contributed by atoms with Gasteiger partial charge in [-0.05, 0) is 26.0 Å². The molecule has 0 radical (unpaired) electrons. The maximum absolute atomic E-state index is 6.34. The van der Waals surface area contributed by atoms with Crippen LogP contribution in [-0.2, 0) is 6.54 Å². The predicted octanol–water partition coefficient (Wildman–Crippen LogP) is 4.60. The average molecular weight is 356 g/mol. The third-order valence-electron chi connectivity index (χ3n) is 3.80. The van der Waals surface area contributed by atoms with Crippen LogP contribution in [0.2, 0.25) is 10.0 Å². The molecule has 0 bridgehead atoms. The van der Waals surface area contributed by atoms with Crippen LogP contribution in [0.5, 0.6) is 0 Å². The monoisotopic (exact) mass is 355 g/mol. The molecule has 0 aliphatic rings. The van der Waals surface area contributed by atoms with Crippen LogP contribution in [0.3, 0.4) is 0 Å². The molecule has 0 fully saturated rings. The molecule has 2 aromatic rings. The first-order valence-corrected chi connectivity index (χ1v) is 8.40. The van der Waals surface area contributed by atoms with Crippen LogP contribution in [0.25, 0.3) is 11.3 Å². The molecule has 0 aliphatic carbocycles. The van der Waals surface area contributed by atoms with Gasteiger partial charge in [0.15, 0.2) is 0 Å². The lowest BCUT2D eigenvalue weighted by molar-refractivity contribution is 0.364. The summed E-state index contributed by atoms with van der Waals surface area (Å²) in [6, 6.07) is 5.41. The van der Waals surface area contributed by atoms with E-state index < -0.39 is 0 Å². The van der Waals surface area contributed by atoms with Gasteiger partial charge in [0, 0.05) is 35.7 Å². The normalized spacial score (nSPS) is 12.2. The van der Waals surface area contributed by atoms with Crippen LogP contribution in [0, 0.1) is 0 Å². The van der Waals surface area contributed by atoms with E-state index in [-0.39, 0.29) is 11.5 Å². The number of nitrogens with one attached hydrogen (secondary N) is 1. The molecular weight excluding hydrogens is 333 g/mol. The predicted molar refractivity (Wildman–Crippen MR) is 96.0 cm³/mol. The minimum atomic E-state index is -0.187. The van der Waals surface area contributed by atoms with Gasteiger partial charge in [-0.1, -0.05) is 48.3 Å². The Hall–Kier alpha value is -1.07. The Balaban J connectivity index is 2.49. The zero-order chi connectivity index (χ0) is 17.2. The van der Waals surface area contributed by atoms with Crippen LogP contribution in [-0.4, -0.2) is 17.2 Å². The third kappa shape index (κ3) is 4.07. The molecule has 2 rings (SSSR count). The molecule has 0 amide bonds. The average Bonchev–Trinajstić information content (AvgIpc) is 2.89. The van der Waals surface area contributed by atoms with Gasteiger partial charge in [-0.3, -0.25) is 0 Å². The zero-order valence-electron chi connectivity index (χ0n) is 13.9. The summed E-state index contributed by atoms with van der Waals surface area (Å²) in [6.07, 6.45) is 0. The van der Waals surface area contributed by atoms with Gasteiger partial charge in [-0.15, -0.1) is 0 Å². The fourth-order valence-corrected chi connectivity index (χ4v) is 2.84.